The second-order valence-electron chi connectivity index (χ2n) is 1.91. The zero-order chi connectivity index (χ0) is 7.23. The molecule has 72 valence electrons. The zero-order valence-electron chi connectivity index (χ0n) is 6.53. The SMILES string of the molecule is Br.Br.NCCCSc1cnc[nH]1. The van der Waals surface area contributed by atoms with Gasteiger partial charge in [-0.2, -0.15) is 0 Å². The smallest absolute Gasteiger partial charge is 0.0928 e. The van der Waals surface area contributed by atoms with E-state index < -0.39 is 0 Å². The van der Waals surface area contributed by atoms with Crippen LogP contribution in [0.15, 0.2) is 17.6 Å². The van der Waals surface area contributed by atoms with Crippen LogP contribution in [0.3, 0.4) is 0 Å². The monoisotopic (exact) mass is 317 g/mol. The molecule has 0 aliphatic heterocycles. The van der Waals surface area contributed by atoms with E-state index in [0.717, 1.165) is 23.7 Å². The van der Waals surface area contributed by atoms with Crippen molar-refractivity contribution in [1.82, 2.24) is 9.97 Å². The van der Waals surface area contributed by atoms with E-state index in [4.69, 9.17) is 5.73 Å². The number of imidazole rings is 1. The van der Waals surface area contributed by atoms with Crippen LogP contribution in [-0.2, 0) is 0 Å². The van der Waals surface area contributed by atoms with Gasteiger partial charge in [-0.15, -0.1) is 45.7 Å². The Morgan fingerprint density at radius 2 is 2.25 bits per heavy atom. The van der Waals surface area contributed by atoms with Crippen LogP contribution in [0.25, 0.3) is 0 Å². The van der Waals surface area contributed by atoms with Gasteiger partial charge in [-0.25, -0.2) is 4.98 Å². The molecule has 0 saturated carbocycles. The summed E-state index contributed by atoms with van der Waals surface area (Å²) in [5, 5.41) is 1.12. The molecule has 6 heteroatoms. The van der Waals surface area contributed by atoms with Gasteiger partial charge in [0.05, 0.1) is 17.6 Å². The summed E-state index contributed by atoms with van der Waals surface area (Å²) in [6, 6.07) is 0. The molecule has 0 fully saturated rings. The maximum Gasteiger partial charge on any atom is 0.0928 e. The second kappa shape index (κ2) is 9.57. The Balaban J connectivity index is 0. The van der Waals surface area contributed by atoms with Crippen molar-refractivity contribution in [1.29, 1.82) is 0 Å². The summed E-state index contributed by atoms with van der Waals surface area (Å²) >= 11 is 1.75. The van der Waals surface area contributed by atoms with E-state index in [1.807, 2.05) is 6.20 Å². The molecule has 12 heavy (non-hydrogen) atoms. The maximum absolute atomic E-state index is 5.33. The Kier molecular flexibility index (Phi) is 11.9. The van der Waals surface area contributed by atoms with Crippen molar-refractivity contribution in [3.63, 3.8) is 0 Å². The summed E-state index contributed by atoms with van der Waals surface area (Å²) < 4.78 is 0. The minimum Gasteiger partial charge on any atom is -0.340 e. The van der Waals surface area contributed by atoms with E-state index in [0.29, 0.717) is 0 Å². The molecule has 0 spiro atoms. The zero-order valence-corrected chi connectivity index (χ0v) is 10.8. The van der Waals surface area contributed by atoms with Crippen LogP contribution in [-0.4, -0.2) is 22.3 Å². The fourth-order valence-electron chi connectivity index (χ4n) is 0.588. The third-order valence-electron chi connectivity index (χ3n) is 1.08. The lowest BCUT2D eigenvalue weighted by molar-refractivity contribution is 0.941. The highest BCUT2D eigenvalue weighted by atomic mass is 79.9. The molecule has 0 atom stereocenters. The lowest BCUT2D eigenvalue weighted by Crippen LogP contribution is -1.99. The van der Waals surface area contributed by atoms with Gasteiger partial charge in [0, 0.05) is 5.75 Å². The molecule has 1 aromatic rings. The third-order valence-corrected chi connectivity index (χ3v) is 2.11. The van der Waals surface area contributed by atoms with Crippen molar-refractivity contribution < 1.29 is 0 Å². The Bertz CT molecular complexity index is 169. The Hall–Kier alpha value is 0.480. The molecule has 0 aliphatic carbocycles. The minimum absolute atomic E-state index is 0. The second-order valence-corrected chi connectivity index (χ2v) is 3.04. The summed E-state index contributed by atoms with van der Waals surface area (Å²) in [5.41, 5.74) is 5.33. The fourth-order valence-corrected chi connectivity index (χ4v) is 1.39. The van der Waals surface area contributed by atoms with Gasteiger partial charge in [-0.1, -0.05) is 0 Å². The molecule has 0 aromatic carbocycles. The normalized spacial score (nSPS) is 8.42. The van der Waals surface area contributed by atoms with E-state index in [2.05, 4.69) is 9.97 Å². The fraction of sp³-hybridized carbons (Fsp3) is 0.500. The number of aromatic nitrogens is 2. The molecule has 1 rings (SSSR count). The van der Waals surface area contributed by atoms with E-state index in [1.54, 1.807) is 18.1 Å². The average Bonchev–Trinajstić information content (AvgIpc) is 2.41. The molecular formula is C6H13Br2N3S. The Morgan fingerprint density at radius 1 is 1.50 bits per heavy atom. The van der Waals surface area contributed by atoms with Gasteiger partial charge in [0.15, 0.2) is 0 Å². The van der Waals surface area contributed by atoms with Crippen molar-refractivity contribution in [2.75, 3.05) is 12.3 Å². The largest absolute Gasteiger partial charge is 0.340 e. The summed E-state index contributed by atoms with van der Waals surface area (Å²) in [6.45, 7) is 0.765. The first kappa shape index (κ1) is 15.0. The maximum atomic E-state index is 5.33. The first-order chi connectivity index (χ1) is 4.93. The number of nitrogens with zero attached hydrogens (tertiary/aromatic N) is 1. The first-order valence-corrected chi connectivity index (χ1v) is 4.23. The van der Waals surface area contributed by atoms with Gasteiger partial charge in [0.1, 0.15) is 0 Å². The van der Waals surface area contributed by atoms with Crippen molar-refractivity contribution in [3.8, 4) is 0 Å². The van der Waals surface area contributed by atoms with Crippen LogP contribution in [0, 0.1) is 0 Å². The Labute approximate surface area is 97.4 Å². The van der Waals surface area contributed by atoms with Crippen molar-refractivity contribution in [2.45, 2.75) is 11.4 Å². The highest BCUT2D eigenvalue weighted by molar-refractivity contribution is 8.93. The van der Waals surface area contributed by atoms with Gasteiger partial charge in [-0.05, 0) is 13.0 Å². The van der Waals surface area contributed by atoms with E-state index in [1.165, 1.54) is 0 Å². The molecule has 0 aliphatic rings. The molecule has 1 aromatic heterocycles. The molecule has 3 nitrogen and oxygen atoms in total. The average molecular weight is 319 g/mol. The number of nitrogens with two attached hydrogens (primary N) is 1. The Morgan fingerprint density at radius 3 is 2.75 bits per heavy atom. The number of halogens is 2. The number of hydrogen-bond donors (Lipinski definition) is 2. The van der Waals surface area contributed by atoms with Crippen molar-refractivity contribution in [2.24, 2.45) is 5.73 Å². The molecule has 0 saturated heterocycles. The topological polar surface area (TPSA) is 54.7 Å². The summed E-state index contributed by atoms with van der Waals surface area (Å²) in [7, 11) is 0. The van der Waals surface area contributed by atoms with Gasteiger partial charge in [0.25, 0.3) is 0 Å². The molecule has 3 N–H and O–H groups in total. The summed E-state index contributed by atoms with van der Waals surface area (Å²) in [5.74, 6) is 1.07. The number of hydrogen-bond acceptors (Lipinski definition) is 3. The molecule has 0 unspecified atom stereocenters. The van der Waals surface area contributed by atoms with Gasteiger partial charge < -0.3 is 10.7 Å². The predicted molar refractivity (Wildman–Crippen MR) is 63.6 cm³/mol. The highest BCUT2D eigenvalue weighted by Crippen LogP contribution is 2.13. The van der Waals surface area contributed by atoms with E-state index in [-0.39, 0.29) is 34.0 Å². The van der Waals surface area contributed by atoms with Gasteiger partial charge >= 0.3 is 0 Å². The van der Waals surface area contributed by atoms with Crippen molar-refractivity contribution in [3.05, 3.63) is 12.5 Å². The van der Waals surface area contributed by atoms with Crippen LogP contribution in [0.4, 0.5) is 0 Å². The summed E-state index contributed by atoms with van der Waals surface area (Å²) in [4.78, 5) is 6.90. The standard InChI is InChI=1S/C6H11N3S.2BrH/c7-2-1-3-10-6-4-8-5-9-6;;/h4-5H,1-3,7H2,(H,8,9);2*1H. The number of rotatable bonds is 4. The van der Waals surface area contributed by atoms with Crippen LogP contribution >= 0.6 is 45.7 Å². The molecule has 0 bridgehead atoms. The minimum atomic E-state index is 0. The summed E-state index contributed by atoms with van der Waals surface area (Å²) in [6.07, 6.45) is 4.57. The molecular weight excluding hydrogens is 306 g/mol. The number of aromatic amines is 1. The number of thioether (sulfide) groups is 1. The van der Waals surface area contributed by atoms with Crippen LogP contribution < -0.4 is 5.73 Å². The van der Waals surface area contributed by atoms with Gasteiger partial charge in [0.2, 0.25) is 0 Å². The highest BCUT2D eigenvalue weighted by Gasteiger charge is 1.91. The first-order valence-electron chi connectivity index (χ1n) is 3.24. The number of H-pyrrole nitrogens is 1. The van der Waals surface area contributed by atoms with Crippen molar-refractivity contribution >= 4 is 45.7 Å². The predicted octanol–water partition coefficient (Wildman–Crippen LogP) is 2.01. The number of nitrogens with one attached hydrogen (secondary N) is 1. The van der Waals surface area contributed by atoms with Crippen LogP contribution in [0.5, 0.6) is 0 Å². The lowest BCUT2D eigenvalue weighted by atomic mass is 10.5. The molecule has 0 radical (unpaired) electrons. The van der Waals surface area contributed by atoms with Crippen LogP contribution in [0.2, 0.25) is 0 Å². The van der Waals surface area contributed by atoms with Gasteiger partial charge in [-0.3, -0.25) is 0 Å². The lowest BCUT2D eigenvalue weighted by Gasteiger charge is -1.93. The molecule has 1 heterocycles. The molecule has 0 amide bonds. The third kappa shape index (κ3) is 6.05. The van der Waals surface area contributed by atoms with Crippen LogP contribution in [0.1, 0.15) is 6.42 Å². The van der Waals surface area contributed by atoms with E-state index >= 15 is 0 Å². The van der Waals surface area contributed by atoms with E-state index in [9.17, 15) is 0 Å². The quantitative estimate of drug-likeness (QED) is 0.659.